The molecule has 1 aromatic carbocycles. The molecular weight excluding hydrogens is 338 g/mol. The third-order valence-electron chi connectivity index (χ3n) is 3.19. The fourth-order valence-electron chi connectivity index (χ4n) is 1.76. The Hall–Kier alpha value is -1.97. The number of hydrogen-bond acceptors (Lipinski definition) is 5. The lowest BCUT2D eigenvalue weighted by Gasteiger charge is -2.15. The second-order valence-electron chi connectivity index (χ2n) is 4.71. The van der Waals surface area contributed by atoms with Crippen LogP contribution in [0.3, 0.4) is 0 Å². The molecule has 1 N–H and O–H groups in total. The zero-order chi connectivity index (χ0) is 17.1. The summed E-state index contributed by atoms with van der Waals surface area (Å²) in [4.78, 5) is 3.89. The van der Waals surface area contributed by atoms with Gasteiger partial charge in [-0.3, -0.25) is 4.72 Å². The average Bonchev–Trinajstić information content (AvgIpc) is 2.54. The van der Waals surface area contributed by atoms with Crippen LogP contribution in [0.25, 0.3) is 0 Å². The third-order valence-corrected chi connectivity index (χ3v) is 6.51. The zero-order valence-corrected chi connectivity index (χ0v) is 14.3. The maximum Gasteiger partial charge on any atom is 0.263 e. The number of nitrogens with zero attached hydrogens (tertiary/aromatic N) is 2. The molecule has 1 heterocycles. The van der Waals surface area contributed by atoms with Crippen molar-refractivity contribution in [2.45, 2.75) is 16.7 Å². The van der Waals surface area contributed by atoms with Gasteiger partial charge >= 0.3 is 0 Å². The summed E-state index contributed by atoms with van der Waals surface area (Å²) in [6.45, 7) is 2.04. The van der Waals surface area contributed by atoms with Crippen LogP contribution in [-0.4, -0.2) is 39.7 Å². The van der Waals surface area contributed by atoms with Crippen LogP contribution in [0.4, 0.5) is 5.82 Å². The molecule has 0 aliphatic heterocycles. The number of rotatable bonds is 6. The fraction of sp³-hybridized carbons (Fsp3) is 0.214. The Bertz CT molecular complexity index is 864. The molecule has 9 heteroatoms. The van der Waals surface area contributed by atoms with Crippen LogP contribution >= 0.6 is 0 Å². The van der Waals surface area contributed by atoms with Gasteiger partial charge in [0.15, 0.2) is 0 Å². The molecule has 0 amide bonds. The van der Waals surface area contributed by atoms with Crippen LogP contribution in [0.5, 0.6) is 0 Å². The molecule has 124 valence electrons. The van der Waals surface area contributed by atoms with E-state index in [-0.39, 0.29) is 15.6 Å². The Morgan fingerprint density at radius 1 is 1.00 bits per heavy atom. The van der Waals surface area contributed by atoms with E-state index in [2.05, 4.69) is 9.71 Å². The molecule has 2 aromatic rings. The number of hydrogen-bond donors (Lipinski definition) is 1. The van der Waals surface area contributed by atoms with Crippen LogP contribution in [0.1, 0.15) is 6.92 Å². The molecule has 0 spiro atoms. The highest BCUT2D eigenvalue weighted by Crippen LogP contribution is 2.19. The van der Waals surface area contributed by atoms with E-state index in [0.29, 0.717) is 6.54 Å². The van der Waals surface area contributed by atoms with E-state index in [1.807, 2.05) is 0 Å². The Kier molecular flexibility index (Phi) is 5.03. The van der Waals surface area contributed by atoms with Gasteiger partial charge < -0.3 is 0 Å². The molecule has 2 rings (SSSR count). The summed E-state index contributed by atoms with van der Waals surface area (Å²) in [7, 11) is -5.97. The largest absolute Gasteiger partial charge is 0.263 e. The van der Waals surface area contributed by atoms with Crippen molar-refractivity contribution in [1.82, 2.24) is 9.29 Å². The Labute approximate surface area is 136 Å². The summed E-state index contributed by atoms with van der Waals surface area (Å²) < 4.78 is 52.3. The number of benzene rings is 1. The third kappa shape index (κ3) is 3.87. The molecule has 0 fully saturated rings. The second-order valence-corrected chi connectivity index (χ2v) is 8.44. The van der Waals surface area contributed by atoms with Crippen molar-refractivity contribution in [1.29, 1.82) is 0 Å². The minimum Gasteiger partial charge on any atom is -0.263 e. The van der Waals surface area contributed by atoms with Crippen LogP contribution in [0.15, 0.2) is 58.5 Å². The van der Waals surface area contributed by atoms with Gasteiger partial charge in [-0.15, -0.1) is 0 Å². The number of anilines is 1. The quantitative estimate of drug-likeness (QED) is 0.847. The van der Waals surface area contributed by atoms with Gasteiger partial charge in [-0.1, -0.05) is 13.0 Å². The molecule has 7 nitrogen and oxygen atoms in total. The minimum atomic E-state index is -3.82. The van der Waals surface area contributed by atoms with Gasteiger partial charge in [0.25, 0.3) is 10.0 Å². The normalized spacial score (nSPS) is 12.3. The van der Waals surface area contributed by atoms with Crippen LogP contribution in [-0.2, 0) is 20.0 Å². The maximum absolute atomic E-state index is 12.2. The summed E-state index contributed by atoms with van der Waals surface area (Å²) in [5, 5.41) is 0. The van der Waals surface area contributed by atoms with E-state index >= 15 is 0 Å². The first-order chi connectivity index (χ1) is 10.8. The fourth-order valence-corrected chi connectivity index (χ4v) is 3.95. The van der Waals surface area contributed by atoms with Crippen molar-refractivity contribution in [3.8, 4) is 0 Å². The lowest BCUT2D eigenvalue weighted by atomic mass is 10.4. The first kappa shape index (κ1) is 17.4. The highest BCUT2D eigenvalue weighted by atomic mass is 32.2. The van der Waals surface area contributed by atoms with Gasteiger partial charge in [-0.2, -0.15) is 0 Å². The first-order valence-corrected chi connectivity index (χ1v) is 9.70. The van der Waals surface area contributed by atoms with Crippen molar-refractivity contribution >= 4 is 25.9 Å². The van der Waals surface area contributed by atoms with E-state index in [1.54, 1.807) is 19.1 Å². The van der Waals surface area contributed by atoms with Gasteiger partial charge in [0.2, 0.25) is 10.0 Å². The lowest BCUT2D eigenvalue weighted by Crippen LogP contribution is -2.26. The Morgan fingerprint density at radius 2 is 1.61 bits per heavy atom. The molecule has 0 aliphatic rings. The maximum atomic E-state index is 12.2. The average molecular weight is 355 g/mol. The molecule has 0 atom stereocenters. The van der Waals surface area contributed by atoms with E-state index in [0.717, 1.165) is 0 Å². The van der Waals surface area contributed by atoms with Gasteiger partial charge in [-0.05, 0) is 36.4 Å². The first-order valence-electron chi connectivity index (χ1n) is 6.77. The summed E-state index contributed by atoms with van der Waals surface area (Å²) in [6.07, 6.45) is 1.47. The number of nitrogens with one attached hydrogen (secondary N) is 1. The highest BCUT2D eigenvalue weighted by Gasteiger charge is 2.21. The predicted octanol–water partition coefficient (Wildman–Crippen LogP) is 1.52. The van der Waals surface area contributed by atoms with Crippen molar-refractivity contribution in [3.63, 3.8) is 0 Å². The van der Waals surface area contributed by atoms with E-state index < -0.39 is 20.0 Å². The molecule has 0 saturated heterocycles. The standard InChI is InChI=1S/C14H17N3O4S2/c1-3-17(2)23(20,21)13-9-7-12(8-10-13)22(18,19)16-14-6-4-5-11-15-14/h4-11H,3H2,1-2H3,(H,15,16). The van der Waals surface area contributed by atoms with Gasteiger partial charge in [0.1, 0.15) is 5.82 Å². The number of sulfonamides is 2. The smallest absolute Gasteiger partial charge is 0.263 e. The predicted molar refractivity (Wildman–Crippen MR) is 87.0 cm³/mol. The molecule has 1 aromatic heterocycles. The summed E-state index contributed by atoms with van der Waals surface area (Å²) in [6, 6.07) is 9.89. The monoisotopic (exact) mass is 355 g/mol. The van der Waals surface area contributed by atoms with Crippen LogP contribution < -0.4 is 4.72 Å². The van der Waals surface area contributed by atoms with Gasteiger partial charge in [0, 0.05) is 19.8 Å². The second kappa shape index (κ2) is 6.65. The molecular formula is C14H17N3O4S2. The van der Waals surface area contributed by atoms with Crippen molar-refractivity contribution in [3.05, 3.63) is 48.7 Å². The molecule has 0 aliphatic carbocycles. The van der Waals surface area contributed by atoms with Gasteiger partial charge in [0.05, 0.1) is 9.79 Å². The topological polar surface area (TPSA) is 96.4 Å². The van der Waals surface area contributed by atoms with Crippen LogP contribution in [0.2, 0.25) is 0 Å². The SMILES string of the molecule is CCN(C)S(=O)(=O)c1ccc(S(=O)(=O)Nc2ccccn2)cc1. The number of aromatic nitrogens is 1. The lowest BCUT2D eigenvalue weighted by molar-refractivity contribution is 0.486. The van der Waals surface area contributed by atoms with E-state index in [1.165, 1.54) is 47.9 Å². The van der Waals surface area contributed by atoms with Crippen molar-refractivity contribution in [2.75, 3.05) is 18.3 Å². The Morgan fingerprint density at radius 3 is 2.13 bits per heavy atom. The highest BCUT2D eigenvalue weighted by molar-refractivity contribution is 7.92. The minimum absolute atomic E-state index is 0.0404. The molecule has 0 radical (unpaired) electrons. The van der Waals surface area contributed by atoms with Crippen molar-refractivity contribution < 1.29 is 16.8 Å². The number of pyridine rings is 1. The molecule has 23 heavy (non-hydrogen) atoms. The summed E-state index contributed by atoms with van der Waals surface area (Å²) >= 11 is 0. The summed E-state index contributed by atoms with van der Waals surface area (Å²) in [5.74, 6) is 0.190. The van der Waals surface area contributed by atoms with E-state index in [9.17, 15) is 16.8 Å². The Balaban J connectivity index is 2.29. The molecule has 0 saturated carbocycles. The molecule has 0 bridgehead atoms. The van der Waals surface area contributed by atoms with Crippen molar-refractivity contribution in [2.24, 2.45) is 0 Å². The van der Waals surface area contributed by atoms with E-state index in [4.69, 9.17) is 0 Å². The zero-order valence-electron chi connectivity index (χ0n) is 12.7. The van der Waals surface area contributed by atoms with Crippen LogP contribution in [0, 0.1) is 0 Å². The van der Waals surface area contributed by atoms with Gasteiger partial charge in [-0.25, -0.2) is 26.1 Å². The molecule has 0 unspecified atom stereocenters. The summed E-state index contributed by atoms with van der Waals surface area (Å²) in [5.41, 5.74) is 0.